The van der Waals surface area contributed by atoms with E-state index in [9.17, 15) is 4.79 Å². The number of urea groups is 1. The van der Waals surface area contributed by atoms with Crippen LogP contribution >= 0.6 is 0 Å². The third-order valence-corrected chi connectivity index (χ3v) is 4.18. The summed E-state index contributed by atoms with van der Waals surface area (Å²) in [4.78, 5) is 14.5. The van der Waals surface area contributed by atoms with Crippen molar-refractivity contribution in [1.82, 2.24) is 10.2 Å². The van der Waals surface area contributed by atoms with Crippen LogP contribution in [-0.2, 0) is 13.1 Å². The lowest BCUT2D eigenvalue weighted by Gasteiger charge is -2.17. The molecule has 2 aromatic rings. The molecular formula is C19H23N3O. The van der Waals surface area contributed by atoms with Gasteiger partial charge in [-0.25, -0.2) is 4.79 Å². The molecule has 120 valence electrons. The molecule has 1 fully saturated rings. The number of hydrogen-bond donors (Lipinski definition) is 2. The number of nitrogens with zero attached hydrogens (tertiary/aromatic N) is 1. The molecule has 0 aliphatic carbocycles. The maximum atomic E-state index is 12.0. The van der Waals surface area contributed by atoms with Crippen molar-refractivity contribution in [2.45, 2.75) is 25.9 Å². The van der Waals surface area contributed by atoms with Crippen LogP contribution in [0.4, 0.5) is 10.5 Å². The Balaban J connectivity index is 1.56. The van der Waals surface area contributed by atoms with Crippen molar-refractivity contribution in [3.8, 4) is 0 Å². The largest absolute Gasteiger partial charge is 0.334 e. The first kappa shape index (κ1) is 15.6. The van der Waals surface area contributed by atoms with E-state index >= 15 is 0 Å². The zero-order chi connectivity index (χ0) is 15.9. The fourth-order valence-corrected chi connectivity index (χ4v) is 2.94. The predicted molar refractivity (Wildman–Crippen MR) is 93.3 cm³/mol. The molecule has 3 rings (SSSR count). The molecule has 0 aromatic heterocycles. The Hall–Kier alpha value is -2.33. The molecule has 0 radical (unpaired) electrons. The van der Waals surface area contributed by atoms with Crippen LogP contribution in [0, 0.1) is 0 Å². The Morgan fingerprint density at radius 3 is 2.30 bits per heavy atom. The molecule has 0 bridgehead atoms. The lowest BCUT2D eigenvalue weighted by Crippen LogP contribution is -2.29. The number of anilines is 1. The first-order chi connectivity index (χ1) is 11.3. The maximum Gasteiger partial charge on any atom is 0.319 e. The van der Waals surface area contributed by atoms with E-state index in [2.05, 4.69) is 33.7 Å². The fraction of sp³-hybridized carbons (Fsp3) is 0.316. The van der Waals surface area contributed by atoms with E-state index in [1.165, 1.54) is 37.1 Å². The molecule has 0 saturated carbocycles. The normalized spacial score (nSPS) is 14.6. The molecule has 0 spiro atoms. The second kappa shape index (κ2) is 7.79. The van der Waals surface area contributed by atoms with Gasteiger partial charge in [-0.2, -0.15) is 0 Å². The zero-order valence-corrected chi connectivity index (χ0v) is 13.3. The molecule has 1 aliphatic rings. The minimum Gasteiger partial charge on any atom is -0.334 e. The molecule has 2 N–H and O–H groups in total. The quantitative estimate of drug-likeness (QED) is 0.886. The van der Waals surface area contributed by atoms with Crippen molar-refractivity contribution in [2.24, 2.45) is 0 Å². The minimum absolute atomic E-state index is 0.174. The van der Waals surface area contributed by atoms with Gasteiger partial charge in [0.15, 0.2) is 0 Å². The molecule has 1 saturated heterocycles. The van der Waals surface area contributed by atoms with E-state index in [0.29, 0.717) is 6.54 Å². The van der Waals surface area contributed by atoms with Crippen molar-refractivity contribution in [2.75, 3.05) is 18.4 Å². The third-order valence-electron chi connectivity index (χ3n) is 4.18. The predicted octanol–water partition coefficient (Wildman–Crippen LogP) is 3.60. The number of nitrogens with one attached hydrogen (secondary N) is 2. The molecule has 2 amide bonds. The highest BCUT2D eigenvalue weighted by atomic mass is 16.2. The average Bonchev–Trinajstić information content (AvgIpc) is 3.08. The summed E-state index contributed by atoms with van der Waals surface area (Å²) in [5.41, 5.74) is 3.28. The van der Waals surface area contributed by atoms with E-state index in [0.717, 1.165) is 12.2 Å². The van der Waals surface area contributed by atoms with Crippen molar-refractivity contribution in [3.05, 3.63) is 65.7 Å². The highest BCUT2D eigenvalue weighted by molar-refractivity contribution is 5.89. The van der Waals surface area contributed by atoms with Gasteiger partial charge < -0.3 is 10.6 Å². The fourth-order valence-electron chi connectivity index (χ4n) is 2.94. The number of benzene rings is 2. The van der Waals surface area contributed by atoms with Gasteiger partial charge in [-0.3, -0.25) is 4.90 Å². The van der Waals surface area contributed by atoms with E-state index in [4.69, 9.17) is 0 Å². The van der Waals surface area contributed by atoms with Crippen LogP contribution in [0.25, 0.3) is 0 Å². The van der Waals surface area contributed by atoms with Gasteiger partial charge in [0.2, 0.25) is 0 Å². The van der Waals surface area contributed by atoms with Crippen LogP contribution in [-0.4, -0.2) is 24.0 Å². The van der Waals surface area contributed by atoms with Crippen LogP contribution in [0.2, 0.25) is 0 Å². The molecule has 4 heteroatoms. The Bertz CT molecular complexity index is 636. The van der Waals surface area contributed by atoms with Crippen molar-refractivity contribution < 1.29 is 4.79 Å². The van der Waals surface area contributed by atoms with Crippen LogP contribution in [0.5, 0.6) is 0 Å². The highest BCUT2D eigenvalue weighted by Crippen LogP contribution is 2.16. The van der Waals surface area contributed by atoms with Crippen LogP contribution in [0.3, 0.4) is 0 Å². The standard InChI is InChI=1S/C19H23N3O/c23-19(21-18-10-2-1-3-11-18)20-14-16-8-4-5-9-17(16)15-22-12-6-7-13-22/h1-5,8-11H,6-7,12-15H2,(H2,20,21,23). The van der Waals surface area contributed by atoms with Gasteiger partial charge in [-0.05, 0) is 49.2 Å². The second-order valence-electron chi connectivity index (χ2n) is 5.93. The number of carbonyl (C=O) groups is 1. The Morgan fingerprint density at radius 2 is 1.57 bits per heavy atom. The van der Waals surface area contributed by atoms with Crippen molar-refractivity contribution in [3.63, 3.8) is 0 Å². The van der Waals surface area contributed by atoms with Crippen molar-refractivity contribution >= 4 is 11.7 Å². The molecule has 0 atom stereocenters. The van der Waals surface area contributed by atoms with Crippen LogP contribution in [0.1, 0.15) is 24.0 Å². The van der Waals surface area contributed by atoms with Gasteiger partial charge in [-0.15, -0.1) is 0 Å². The van der Waals surface area contributed by atoms with Gasteiger partial charge in [-0.1, -0.05) is 42.5 Å². The summed E-state index contributed by atoms with van der Waals surface area (Å²) in [5, 5.41) is 5.79. The van der Waals surface area contributed by atoms with Gasteiger partial charge >= 0.3 is 6.03 Å². The van der Waals surface area contributed by atoms with Crippen molar-refractivity contribution in [1.29, 1.82) is 0 Å². The topological polar surface area (TPSA) is 44.4 Å². The van der Waals surface area contributed by atoms with Gasteiger partial charge in [0.1, 0.15) is 0 Å². The third kappa shape index (κ3) is 4.57. The summed E-state index contributed by atoms with van der Waals surface area (Å²) in [6, 6.07) is 17.7. The number of para-hydroxylation sites is 1. The molecule has 1 aliphatic heterocycles. The summed E-state index contributed by atoms with van der Waals surface area (Å²) in [7, 11) is 0. The molecule has 23 heavy (non-hydrogen) atoms. The lowest BCUT2D eigenvalue weighted by atomic mass is 10.1. The number of carbonyl (C=O) groups excluding carboxylic acids is 1. The lowest BCUT2D eigenvalue weighted by molar-refractivity contribution is 0.251. The molecule has 0 unspecified atom stereocenters. The first-order valence-electron chi connectivity index (χ1n) is 8.20. The first-order valence-corrected chi connectivity index (χ1v) is 8.20. The average molecular weight is 309 g/mol. The Labute approximate surface area is 137 Å². The van der Waals surface area contributed by atoms with Gasteiger partial charge in [0.05, 0.1) is 0 Å². The Morgan fingerprint density at radius 1 is 0.913 bits per heavy atom. The summed E-state index contributed by atoms with van der Waals surface area (Å²) >= 11 is 0. The van der Waals surface area contributed by atoms with Gasteiger partial charge in [0, 0.05) is 18.8 Å². The molecule has 2 aromatic carbocycles. The SMILES string of the molecule is O=C(NCc1ccccc1CN1CCCC1)Nc1ccccc1. The minimum atomic E-state index is -0.174. The zero-order valence-electron chi connectivity index (χ0n) is 13.3. The summed E-state index contributed by atoms with van der Waals surface area (Å²) in [6.07, 6.45) is 2.58. The summed E-state index contributed by atoms with van der Waals surface area (Å²) in [6.45, 7) is 3.87. The number of rotatable bonds is 5. The van der Waals surface area contributed by atoms with Crippen LogP contribution in [0.15, 0.2) is 54.6 Å². The number of likely N-dealkylation sites (tertiary alicyclic amines) is 1. The van der Waals surface area contributed by atoms with E-state index < -0.39 is 0 Å². The molecular weight excluding hydrogens is 286 g/mol. The van der Waals surface area contributed by atoms with Gasteiger partial charge in [0.25, 0.3) is 0 Å². The summed E-state index contributed by atoms with van der Waals surface area (Å²) < 4.78 is 0. The van der Waals surface area contributed by atoms with E-state index in [1.807, 2.05) is 36.4 Å². The summed E-state index contributed by atoms with van der Waals surface area (Å²) in [5.74, 6) is 0. The van der Waals surface area contributed by atoms with E-state index in [-0.39, 0.29) is 6.03 Å². The number of amides is 2. The number of hydrogen-bond acceptors (Lipinski definition) is 2. The molecule has 1 heterocycles. The van der Waals surface area contributed by atoms with Crippen LogP contribution < -0.4 is 10.6 Å². The Kier molecular flexibility index (Phi) is 5.27. The monoisotopic (exact) mass is 309 g/mol. The maximum absolute atomic E-state index is 12.0. The molecule has 4 nitrogen and oxygen atoms in total. The smallest absolute Gasteiger partial charge is 0.319 e. The second-order valence-corrected chi connectivity index (χ2v) is 5.93. The highest BCUT2D eigenvalue weighted by Gasteiger charge is 2.13. The van der Waals surface area contributed by atoms with E-state index in [1.54, 1.807) is 0 Å².